The molecule has 6 nitrogen and oxygen atoms in total. The molecule has 2 aromatic rings. The van der Waals surface area contributed by atoms with E-state index >= 15 is 0 Å². The number of nitrogens with two attached hydrogens (primary N) is 1. The van der Waals surface area contributed by atoms with Gasteiger partial charge >= 0.3 is 0 Å². The topological polar surface area (TPSA) is 71.5 Å². The number of nitrogens with zero attached hydrogens (tertiary/aromatic N) is 2. The average molecular weight is 279 g/mol. The maximum atomic E-state index is 6.04. The number of anilines is 1. The van der Waals surface area contributed by atoms with Crippen LogP contribution < -0.4 is 15.2 Å². The summed E-state index contributed by atoms with van der Waals surface area (Å²) in [5.74, 6) is 1.80. The molecule has 0 amide bonds. The quantitative estimate of drug-likeness (QED) is 0.878. The van der Waals surface area contributed by atoms with Gasteiger partial charge in [-0.05, 0) is 13.3 Å². The Kier molecular flexibility index (Phi) is 4.34. The van der Waals surface area contributed by atoms with E-state index in [4.69, 9.17) is 19.9 Å². The molecule has 0 aliphatic carbocycles. The van der Waals surface area contributed by atoms with E-state index in [-0.39, 0.29) is 6.04 Å². The van der Waals surface area contributed by atoms with Gasteiger partial charge < -0.3 is 24.5 Å². The number of benzene rings is 1. The van der Waals surface area contributed by atoms with Gasteiger partial charge in [-0.3, -0.25) is 0 Å². The highest BCUT2D eigenvalue weighted by Crippen LogP contribution is 2.34. The minimum absolute atomic E-state index is 0.193. The molecule has 0 saturated carbocycles. The Labute approximate surface area is 118 Å². The SMILES string of the molecule is COCCC(C)n1c(N)nc2cc(OC)c(OC)cc21. The van der Waals surface area contributed by atoms with Gasteiger partial charge in [-0.2, -0.15) is 0 Å². The van der Waals surface area contributed by atoms with Crippen molar-refractivity contribution in [2.45, 2.75) is 19.4 Å². The first kappa shape index (κ1) is 14.5. The summed E-state index contributed by atoms with van der Waals surface area (Å²) in [6.07, 6.45) is 0.862. The van der Waals surface area contributed by atoms with E-state index in [0.717, 1.165) is 17.5 Å². The Hall–Kier alpha value is -1.95. The second-order valence-corrected chi connectivity index (χ2v) is 4.67. The lowest BCUT2D eigenvalue weighted by Gasteiger charge is -2.16. The van der Waals surface area contributed by atoms with E-state index in [1.54, 1.807) is 21.3 Å². The number of hydrogen-bond acceptors (Lipinski definition) is 5. The second-order valence-electron chi connectivity index (χ2n) is 4.67. The Morgan fingerprint density at radius 1 is 1.20 bits per heavy atom. The highest BCUT2D eigenvalue weighted by molar-refractivity contribution is 5.82. The smallest absolute Gasteiger partial charge is 0.201 e. The highest BCUT2D eigenvalue weighted by atomic mass is 16.5. The van der Waals surface area contributed by atoms with Gasteiger partial charge in [-0.1, -0.05) is 0 Å². The lowest BCUT2D eigenvalue weighted by molar-refractivity contribution is 0.182. The van der Waals surface area contributed by atoms with Crippen molar-refractivity contribution in [3.63, 3.8) is 0 Å². The first-order chi connectivity index (χ1) is 9.62. The summed E-state index contributed by atoms with van der Waals surface area (Å²) in [6.45, 7) is 2.76. The van der Waals surface area contributed by atoms with Gasteiger partial charge in [0.15, 0.2) is 11.5 Å². The summed E-state index contributed by atoms with van der Waals surface area (Å²) in [4.78, 5) is 4.39. The standard InChI is InChI=1S/C14H21N3O3/c1-9(5-6-18-2)17-11-8-13(20-4)12(19-3)7-10(11)16-14(17)15/h7-9H,5-6H2,1-4H3,(H2,15,16). The first-order valence-electron chi connectivity index (χ1n) is 6.50. The van der Waals surface area contributed by atoms with Gasteiger partial charge in [-0.25, -0.2) is 4.98 Å². The first-order valence-corrected chi connectivity index (χ1v) is 6.50. The second kappa shape index (κ2) is 6.00. The predicted molar refractivity (Wildman–Crippen MR) is 78.5 cm³/mol. The van der Waals surface area contributed by atoms with Crippen LogP contribution in [0.4, 0.5) is 5.95 Å². The molecule has 0 radical (unpaired) electrons. The van der Waals surface area contributed by atoms with Gasteiger partial charge in [-0.15, -0.1) is 0 Å². The molecule has 1 aromatic heterocycles. The van der Waals surface area contributed by atoms with E-state index in [1.807, 2.05) is 16.7 Å². The summed E-state index contributed by atoms with van der Waals surface area (Å²) in [7, 11) is 4.91. The molecular weight excluding hydrogens is 258 g/mol. The van der Waals surface area contributed by atoms with E-state index in [1.165, 1.54) is 0 Å². The summed E-state index contributed by atoms with van der Waals surface area (Å²) in [6, 6.07) is 3.93. The van der Waals surface area contributed by atoms with Crippen molar-refractivity contribution in [1.29, 1.82) is 0 Å². The minimum atomic E-state index is 0.193. The largest absolute Gasteiger partial charge is 0.493 e. The summed E-state index contributed by atoms with van der Waals surface area (Å²) in [5, 5.41) is 0. The summed E-state index contributed by atoms with van der Waals surface area (Å²) >= 11 is 0. The monoisotopic (exact) mass is 279 g/mol. The van der Waals surface area contributed by atoms with Gasteiger partial charge in [0, 0.05) is 31.9 Å². The molecule has 0 fully saturated rings. The van der Waals surface area contributed by atoms with Crippen LogP contribution in [0.3, 0.4) is 0 Å². The van der Waals surface area contributed by atoms with Gasteiger partial charge in [0.05, 0.1) is 25.3 Å². The van der Waals surface area contributed by atoms with Gasteiger partial charge in [0.25, 0.3) is 0 Å². The number of ether oxygens (including phenoxy) is 3. The number of hydrogen-bond donors (Lipinski definition) is 1. The number of methoxy groups -OCH3 is 3. The minimum Gasteiger partial charge on any atom is -0.493 e. The lowest BCUT2D eigenvalue weighted by Crippen LogP contribution is -2.11. The van der Waals surface area contributed by atoms with E-state index in [9.17, 15) is 0 Å². The van der Waals surface area contributed by atoms with Crippen LogP contribution in [0.1, 0.15) is 19.4 Å². The van der Waals surface area contributed by atoms with Crippen LogP contribution in [0.5, 0.6) is 11.5 Å². The third-order valence-corrected chi connectivity index (χ3v) is 3.40. The van der Waals surface area contributed by atoms with Crippen LogP contribution in [0.2, 0.25) is 0 Å². The predicted octanol–water partition coefficient (Wildman–Crippen LogP) is 2.23. The number of aromatic nitrogens is 2. The molecule has 20 heavy (non-hydrogen) atoms. The molecule has 1 atom stereocenters. The molecule has 0 aliphatic rings. The zero-order valence-corrected chi connectivity index (χ0v) is 12.3. The molecule has 0 spiro atoms. The van der Waals surface area contributed by atoms with Crippen LogP contribution in [0, 0.1) is 0 Å². The van der Waals surface area contributed by atoms with Gasteiger partial charge in [0.2, 0.25) is 5.95 Å². The fourth-order valence-electron chi connectivity index (χ4n) is 2.32. The van der Waals surface area contributed by atoms with Crippen LogP contribution >= 0.6 is 0 Å². The van der Waals surface area contributed by atoms with Crippen molar-refractivity contribution < 1.29 is 14.2 Å². The Morgan fingerprint density at radius 2 is 1.85 bits per heavy atom. The zero-order valence-electron chi connectivity index (χ0n) is 12.3. The average Bonchev–Trinajstić information content (AvgIpc) is 2.77. The molecule has 0 saturated heterocycles. The van der Waals surface area contributed by atoms with Crippen molar-refractivity contribution in [2.24, 2.45) is 0 Å². The molecule has 1 heterocycles. The highest BCUT2D eigenvalue weighted by Gasteiger charge is 2.17. The Balaban J connectivity index is 2.51. The van der Waals surface area contributed by atoms with Crippen molar-refractivity contribution >= 4 is 17.0 Å². The van der Waals surface area contributed by atoms with Crippen LogP contribution in [0.15, 0.2) is 12.1 Å². The normalized spacial score (nSPS) is 12.6. The third kappa shape index (κ3) is 2.51. The molecule has 1 unspecified atom stereocenters. The van der Waals surface area contributed by atoms with Gasteiger partial charge in [0.1, 0.15) is 0 Å². The molecule has 2 N–H and O–H groups in total. The fraction of sp³-hybridized carbons (Fsp3) is 0.500. The number of imidazole rings is 1. The lowest BCUT2D eigenvalue weighted by atomic mass is 10.2. The molecule has 1 aromatic carbocycles. The van der Waals surface area contributed by atoms with Crippen LogP contribution in [0.25, 0.3) is 11.0 Å². The van der Waals surface area contributed by atoms with Crippen molar-refractivity contribution in [2.75, 3.05) is 33.7 Å². The number of fused-ring (bicyclic) bond motifs is 1. The third-order valence-electron chi connectivity index (χ3n) is 3.40. The van der Waals surface area contributed by atoms with Crippen molar-refractivity contribution in [1.82, 2.24) is 9.55 Å². The Bertz CT molecular complexity index is 595. The zero-order chi connectivity index (χ0) is 14.7. The van der Waals surface area contributed by atoms with E-state index in [2.05, 4.69) is 11.9 Å². The molecule has 6 heteroatoms. The van der Waals surface area contributed by atoms with Crippen LogP contribution in [-0.4, -0.2) is 37.5 Å². The molecule has 110 valence electrons. The van der Waals surface area contributed by atoms with E-state index < -0.39 is 0 Å². The fourth-order valence-corrected chi connectivity index (χ4v) is 2.32. The Morgan fingerprint density at radius 3 is 2.45 bits per heavy atom. The number of rotatable bonds is 6. The van der Waals surface area contributed by atoms with Crippen molar-refractivity contribution in [3.05, 3.63) is 12.1 Å². The summed E-state index contributed by atoms with van der Waals surface area (Å²) < 4.78 is 17.7. The maximum absolute atomic E-state index is 6.04. The van der Waals surface area contributed by atoms with Crippen molar-refractivity contribution in [3.8, 4) is 11.5 Å². The number of nitrogen functional groups attached to an aromatic ring is 1. The molecular formula is C14H21N3O3. The molecule has 2 rings (SSSR count). The summed E-state index contributed by atoms with van der Waals surface area (Å²) in [5.41, 5.74) is 7.77. The van der Waals surface area contributed by atoms with Crippen LogP contribution in [-0.2, 0) is 4.74 Å². The molecule has 0 bridgehead atoms. The maximum Gasteiger partial charge on any atom is 0.201 e. The van der Waals surface area contributed by atoms with E-state index in [0.29, 0.717) is 24.1 Å². The molecule has 0 aliphatic heterocycles.